The summed E-state index contributed by atoms with van der Waals surface area (Å²) in [5, 5.41) is 3.79. The molecular formula is C27H26ClNO6. The molecule has 0 amide bonds. The predicted molar refractivity (Wildman–Crippen MR) is 130 cm³/mol. The fourth-order valence-electron chi connectivity index (χ4n) is 4.97. The number of ether oxygens (including phenoxy) is 3. The van der Waals surface area contributed by atoms with Crippen molar-refractivity contribution in [3.63, 3.8) is 0 Å². The van der Waals surface area contributed by atoms with Crippen molar-refractivity contribution in [3.8, 4) is 5.75 Å². The van der Waals surface area contributed by atoms with E-state index in [9.17, 15) is 14.4 Å². The van der Waals surface area contributed by atoms with Gasteiger partial charge >= 0.3 is 11.9 Å². The zero-order valence-corrected chi connectivity index (χ0v) is 20.6. The maximum Gasteiger partial charge on any atom is 0.336 e. The Morgan fingerprint density at radius 3 is 2.14 bits per heavy atom. The topological polar surface area (TPSA) is 90.9 Å². The fraction of sp³-hybridized carbons (Fsp3) is 0.296. The van der Waals surface area contributed by atoms with Gasteiger partial charge in [-0.25, -0.2) is 4.79 Å². The van der Waals surface area contributed by atoms with Gasteiger partial charge in [0.15, 0.2) is 5.78 Å². The third kappa shape index (κ3) is 4.44. The SMILES string of the molecule is COC(=O)C1=C(C)NC2=C(C(=O)[C@H](C(=O)OC)[C@@H](c3ccc(OC)cc3)C2)[C@H]1c1ccc(Cl)cc1. The quantitative estimate of drug-likeness (QED) is 0.489. The highest BCUT2D eigenvalue weighted by Crippen LogP contribution is 2.48. The molecule has 7 nitrogen and oxygen atoms in total. The van der Waals surface area contributed by atoms with Crippen molar-refractivity contribution in [1.29, 1.82) is 0 Å². The lowest BCUT2D eigenvalue weighted by atomic mass is 9.67. The molecule has 4 rings (SSSR count). The Balaban J connectivity index is 1.88. The molecule has 1 heterocycles. The molecule has 0 saturated carbocycles. The summed E-state index contributed by atoms with van der Waals surface area (Å²) in [5.41, 5.74) is 3.44. The molecule has 2 aromatic rings. The summed E-state index contributed by atoms with van der Waals surface area (Å²) >= 11 is 6.10. The van der Waals surface area contributed by atoms with Gasteiger partial charge in [0.1, 0.15) is 11.7 Å². The van der Waals surface area contributed by atoms with Crippen molar-refractivity contribution in [1.82, 2.24) is 5.32 Å². The third-order valence-electron chi connectivity index (χ3n) is 6.63. The van der Waals surface area contributed by atoms with E-state index in [-0.39, 0.29) is 5.78 Å². The molecule has 0 radical (unpaired) electrons. The minimum absolute atomic E-state index is 0.313. The van der Waals surface area contributed by atoms with Gasteiger partial charge in [-0.3, -0.25) is 9.59 Å². The molecule has 1 aliphatic heterocycles. The Morgan fingerprint density at radius 1 is 0.943 bits per heavy atom. The van der Waals surface area contributed by atoms with Crippen LogP contribution in [0.25, 0.3) is 0 Å². The van der Waals surface area contributed by atoms with Gasteiger partial charge in [-0.15, -0.1) is 0 Å². The number of halogens is 1. The first-order valence-electron chi connectivity index (χ1n) is 11.1. The molecule has 2 aliphatic rings. The van der Waals surface area contributed by atoms with Crippen molar-refractivity contribution in [2.75, 3.05) is 21.3 Å². The number of benzene rings is 2. The van der Waals surface area contributed by atoms with E-state index in [1.807, 2.05) is 12.1 Å². The molecule has 35 heavy (non-hydrogen) atoms. The summed E-state index contributed by atoms with van der Waals surface area (Å²) in [4.78, 5) is 39.9. The van der Waals surface area contributed by atoms with Gasteiger partial charge in [0.05, 0.1) is 26.9 Å². The average molecular weight is 496 g/mol. The summed E-state index contributed by atoms with van der Waals surface area (Å²) in [6, 6.07) is 14.2. The Bertz CT molecular complexity index is 1230. The van der Waals surface area contributed by atoms with Crippen LogP contribution in [-0.2, 0) is 23.9 Å². The number of hydrogen-bond acceptors (Lipinski definition) is 7. The van der Waals surface area contributed by atoms with Gasteiger partial charge in [-0.1, -0.05) is 35.9 Å². The highest BCUT2D eigenvalue weighted by Gasteiger charge is 2.48. The normalized spacial score (nSPS) is 21.7. The van der Waals surface area contributed by atoms with E-state index in [0.717, 1.165) is 5.56 Å². The number of allylic oxidation sites excluding steroid dienone is 3. The number of methoxy groups -OCH3 is 3. The van der Waals surface area contributed by atoms with Crippen LogP contribution in [0.1, 0.15) is 36.3 Å². The highest BCUT2D eigenvalue weighted by atomic mass is 35.5. The van der Waals surface area contributed by atoms with Crippen LogP contribution in [0, 0.1) is 5.92 Å². The molecule has 8 heteroatoms. The average Bonchev–Trinajstić information content (AvgIpc) is 2.87. The molecule has 3 atom stereocenters. The summed E-state index contributed by atoms with van der Waals surface area (Å²) in [5.74, 6) is -3.13. The number of carbonyl (C=O) groups is 3. The van der Waals surface area contributed by atoms with Crippen LogP contribution < -0.4 is 10.1 Å². The lowest BCUT2D eigenvalue weighted by Gasteiger charge is -2.39. The van der Waals surface area contributed by atoms with Crippen LogP contribution in [0.5, 0.6) is 5.75 Å². The first-order chi connectivity index (χ1) is 16.8. The third-order valence-corrected chi connectivity index (χ3v) is 6.88. The Labute approximate surface area is 208 Å². The van der Waals surface area contributed by atoms with E-state index in [0.29, 0.717) is 45.3 Å². The zero-order valence-electron chi connectivity index (χ0n) is 19.9. The second-order valence-corrected chi connectivity index (χ2v) is 8.92. The van der Waals surface area contributed by atoms with Crippen molar-refractivity contribution in [3.05, 3.63) is 87.2 Å². The van der Waals surface area contributed by atoms with E-state index in [1.54, 1.807) is 50.4 Å². The number of dihydropyridines is 1. The Morgan fingerprint density at radius 2 is 1.57 bits per heavy atom. The maximum atomic E-state index is 14.1. The largest absolute Gasteiger partial charge is 0.497 e. The molecule has 0 spiro atoms. The summed E-state index contributed by atoms with van der Waals surface area (Å²) in [6.07, 6.45) is 0.378. The minimum atomic E-state index is -1.07. The molecule has 182 valence electrons. The van der Waals surface area contributed by atoms with E-state index in [4.69, 9.17) is 25.8 Å². The molecule has 0 unspecified atom stereocenters. The van der Waals surface area contributed by atoms with Crippen LogP contribution in [0.3, 0.4) is 0 Å². The van der Waals surface area contributed by atoms with E-state index < -0.39 is 29.7 Å². The molecule has 2 aromatic carbocycles. The van der Waals surface area contributed by atoms with Crippen molar-refractivity contribution in [2.24, 2.45) is 5.92 Å². The Kier molecular flexibility index (Phi) is 6.98. The summed E-state index contributed by atoms with van der Waals surface area (Å²) < 4.78 is 15.4. The van der Waals surface area contributed by atoms with Crippen LogP contribution >= 0.6 is 11.6 Å². The smallest absolute Gasteiger partial charge is 0.336 e. The minimum Gasteiger partial charge on any atom is -0.497 e. The standard InChI is InChI=1S/C27H26ClNO6/c1-14-21(26(31)34-3)22(16-5-9-17(28)10-6-16)24-20(29-14)13-19(23(25(24)30)27(32)35-4)15-7-11-18(33-2)12-8-15/h5-12,19,22-23,29H,13H2,1-4H3/t19-,22+,23-/m1/s1. The number of Topliss-reactive ketones (excluding diaryl/α,β-unsaturated/α-hetero) is 1. The fourth-order valence-corrected chi connectivity index (χ4v) is 5.09. The van der Waals surface area contributed by atoms with Gasteiger partial charge in [-0.05, 0) is 48.7 Å². The van der Waals surface area contributed by atoms with Crippen LogP contribution in [0.4, 0.5) is 0 Å². The molecule has 1 N–H and O–H groups in total. The molecule has 1 aliphatic carbocycles. The molecule has 0 saturated heterocycles. The lowest BCUT2D eigenvalue weighted by molar-refractivity contribution is -0.150. The van der Waals surface area contributed by atoms with Gasteiger partial charge in [0, 0.05) is 33.8 Å². The first kappa shape index (κ1) is 24.5. The van der Waals surface area contributed by atoms with Crippen LogP contribution in [0.2, 0.25) is 5.02 Å². The lowest BCUT2D eigenvalue weighted by Crippen LogP contribution is -2.43. The number of hydrogen-bond donors (Lipinski definition) is 1. The molecule has 0 bridgehead atoms. The number of esters is 2. The van der Waals surface area contributed by atoms with Gasteiger partial charge < -0.3 is 19.5 Å². The van der Waals surface area contributed by atoms with Crippen molar-refractivity contribution in [2.45, 2.75) is 25.2 Å². The Hall–Kier alpha value is -3.58. The molecule has 0 aromatic heterocycles. The summed E-state index contributed by atoms with van der Waals surface area (Å²) in [7, 11) is 4.14. The zero-order chi connectivity index (χ0) is 25.3. The number of nitrogens with one attached hydrogen (secondary N) is 1. The van der Waals surface area contributed by atoms with E-state index >= 15 is 0 Å². The predicted octanol–water partition coefficient (Wildman–Crippen LogP) is 4.28. The van der Waals surface area contributed by atoms with Crippen molar-refractivity contribution < 1.29 is 28.6 Å². The maximum absolute atomic E-state index is 14.1. The van der Waals surface area contributed by atoms with E-state index in [1.165, 1.54) is 14.2 Å². The molecule has 0 fully saturated rings. The van der Waals surface area contributed by atoms with E-state index in [2.05, 4.69) is 5.32 Å². The van der Waals surface area contributed by atoms with Gasteiger partial charge in [0.25, 0.3) is 0 Å². The number of carbonyl (C=O) groups excluding carboxylic acids is 3. The molecular weight excluding hydrogens is 470 g/mol. The first-order valence-corrected chi connectivity index (χ1v) is 11.5. The monoisotopic (exact) mass is 495 g/mol. The summed E-state index contributed by atoms with van der Waals surface area (Å²) in [6.45, 7) is 1.78. The second-order valence-electron chi connectivity index (χ2n) is 8.48. The number of rotatable bonds is 5. The second kappa shape index (κ2) is 9.96. The van der Waals surface area contributed by atoms with Crippen molar-refractivity contribution >= 4 is 29.3 Å². The van der Waals surface area contributed by atoms with Crippen LogP contribution in [-0.4, -0.2) is 39.1 Å². The van der Waals surface area contributed by atoms with Gasteiger partial charge in [0.2, 0.25) is 0 Å². The number of ketones is 1. The van der Waals surface area contributed by atoms with Gasteiger partial charge in [-0.2, -0.15) is 0 Å². The van der Waals surface area contributed by atoms with Crippen LogP contribution in [0.15, 0.2) is 71.1 Å². The highest BCUT2D eigenvalue weighted by molar-refractivity contribution is 6.30.